The second-order valence-electron chi connectivity index (χ2n) is 2.14. The molecule has 1 aliphatic heterocycles. The van der Waals surface area contributed by atoms with E-state index in [-0.39, 0.29) is 5.91 Å². The summed E-state index contributed by atoms with van der Waals surface area (Å²) in [5.74, 6) is -0.325. The number of likely N-dealkylation sites (N-methyl/N-ethyl adjacent to an activating group) is 1. The summed E-state index contributed by atoms with van der Waals surface area (Å²) in [4.78, 5) is 12.5. The molecule has 0 aromatic rings. The standard InChI is InChI=1S/C6H11NO3/c1-2-7-3-4-10-6(9)5(7)8/h6,9H,2-4H2,1H3. The predicted octanol–water partition coefficient (Wildman–Crippen LogP) is -0.817. The highest BCUT2D eigenvalue weighted by molar-refractivity contribution is 5.79. The highest BCUT2D eigenvalue weighted by atomic mass is 16.6. The van der Waals surface area contributed by atoms with Crippen molar-refractivity contribution in [1.82, 2.24) is 4.90 Å². The minimum absolute atomic E-state index is 0.325. The van der Waals surface area contributed by atoms with Crippen LogP contribution in [0, 0.1) is 0 Å². The van der Waals surface area contributed by atoms with Crippen molar-refractivity contribution in [2.75, 3.05) is 19.7 Å². The Bertz CT molecular complexity index is 137. The lowest BCUT2D eigenvalue weighted by Gasteiger charge is -2.28. The summed E-state index contributed by atoms with van der Waals surface area (Å²) in [6.07, 6.45) is -1.23. The Hall–Kier alpha value is -0.610. The van der Waals surface area contributed by atoms with Gasteiger partial charge in [-0.1, -0.05) is 0 Å². The lowest BCUT2D eigenvalue weighted by molar-refractivity contribution is -0.182. The maximum atomic E-state index is 10.9. The van der Waals surface area contributed by atoms with Gasteiger partial charge in [0.1, 0.15) is 0 Å². The molecule has 1 atom stereocenters. The quantitative estimate of drug-likeness (QED) is 0.524. The Morgan fingerprint density at radius 2 is 2.60 bits per heavy atom. The maximum absolute atomic E-state index is 10.9. The van der Waals surface area contributed by atoms with Crippen LogP contribution < -0.4 is 0 Å². The molecular weight excluding hydrogens is 134 g/mol. The number of aliphatic hydroxyl groups excluding tert-OH is 1. The molecular formula is C6H11NO3. The molecule has 0 aromatic heterocycles. The van der Waals surface area contributed by atoms with E-state index in [9.17, 15) is 4.79 Å². The van der Waals surface area contributed by atoms with E-state index < -0.39 is 6.29 Å². The number of ether oxygens (including phenoxy) is 1. The number of nitrogens with zero attached hydrogens (tertiary/aromatic N) is 1. The molecule has 4 heteroatoms. The molecule has 58 valence electrons. The minimum Gasteiger partial charge on any atom is -0.361 e. The maximum Gasteiger partial charge on any atom is 0.279 e. The number of morpholine rings is 1. The summed E-state index contributed by atoms with van der Waals surface area (Å²) in [5.41, 5.74) is 0. The van der Waals surface area contributed by atoms with Crippen molar-refractivity contribution < 1.29 is 14.6 Å². The first-order valence-electron chi connectivity index (χ1n) is 3.34. The Labute approximate surface area is 59.4 Å². The second kappa shape index (κ2) is 2.98. The van der Waals surface area contributed by atoms with E-state index >= 15 is 0 Å². The zero-order valence-corrected chi connectivity index (χ0v) is 5.91. The van der Waals surface area contributed by atoms with Crippen molar-refractivity contribution in [3.8, 4) is 0 Å². The van der Waals surface area contributed by atoms with E-state index in [1.165, 1.54) is 0 Å². The molecule has 1 aliphatic rings. The molecule has 10 heavy (non-hydrogen) atoms. The first-order chi connectivity index (χ1) is 4.75. The van der Waals surface area contributed by atoms with Gasteiger partial charge in [-0.2, -0.15) is 0 Å². The van der Waals surface area contributed by atoms with Gasteiger partial charge in [-0.25, -0.2) is 0 Å². The summed E-state index contributed by atoms with van der Waals surface area (Å²) < 4.78 is 4.69. The summed E-state index contributed by atoms with van der Waals surface area (Å²) in [5, 5.41) is 8.87. The van der Waals surface area contributed by atoms with E-state index in [1.54, 1.807) is 4.90 Å². The number of rotatable bonds is 1. The van der Waals surface area contributed by atoms with Crippen LogP contribution in [-0.4, -0.2) is 41.9 Å². The lowest BCUT2D eigenvalue weighted by Crippen LogP contribution is -2.47. The van der Waals surface area contributed by atoms with Crippen molar-refractivity contribution in [3.63, 3.8) is 0 Å². The van der Waals surface area contributed by atoms with Gasteiger partial charge < -0.3 is 14.7 Å². The fraction of sp³-hybridized carbons (Fsp3) is 0.833. The van der Waals surface area contributed by atoms with E-state index in [0.717, 1.165) is 0 Å². The molecule has 0 bridgehead atoms. The molecule has 1 N–H and O–H groups in total. The number of carbonyl (C=O) groups excluding carboxylic acids is 1. The molecule has 1 saturated heterocycles. The van der Waals surface area contributed by atoms with Gasteiger partial charge in [-0.05, 0) is 6.92 Å². The van der Waals surface area contributed by atoms with Crippen LogP contribution in [0.4, 0.5) is 0 Å². The van der Waals surface area contributed by atoms with Crippen LogP contribution in [0.3, 0.4) is 0 Å². The van der Waals surface area contributed by atoms with Crippen molar-refractivity contribution >= 4 is 5.91 Å². The molecule has 1 unspecified atom stereocenters. The third-order valence-corrected chi connectivity index (χ3v) is 1.54. The van der Waals surface area contributed by atoms with Crippen molar-refractivity contribution in [3.05, 3.63) is 0 Å². The Morgan fingerprint density at radius 3 is 3.10 bits per heavy atom. The van der Waals surface area contributed by atoms with Gasteiger partial charge >= 0.3 is 0 Å². The molecule has 0 aliphatic carbocycles. The molecule has 0 aromatic carbocycles. The van der Waals surface area contributed by atoms with E-state index in [2.05, 4.69) is 4.74 Å². The van der Waals surface area contributed by atoms with Crippen LogP contribution in [0.15, 0.2) is 0 Å². The molecule has 4 nitrogen and oxygen atoms in total. The van der Waals surface area contributed by atoms with Crippen LogP contribution in [-0.2, 0) is 9.53 Å². The number of hydrogen-bond acceptors (Lipinski definition) is 3. The third-order valence-electron chi connectivity index (χ3n) is 1.54. The third kappa shape index (κ3) is 1.27. The van der Waals surface area contributed by atoms with Crippen LogP contribution in [0.5, 0.6) is 0 Å². The zero-order chi connectivity index (χ0) is 7.56. The van der Waals surface area contributed by atoms with Crippen LogP contribution in [0.1, 0.15) is 6.92 Å². The molecule has 1 rings (SSSR count). The molecule has 0 radical (unpaired) electrons. The Morgan fingerprint density at radius 1 is 1.90 bits per heavy atom. The van der Waals surface area contributed by atoms with Gasteiger partial charge in [0, 0.05) is 13.1 Å². The summed E-state index contributed by atoms with van der Waals surface area (Å²) >= 11 is 0. The number of carbonyl (C=O) groups is 1. The van der Waals surface area contributed by atoms with Crippen molar-refractivity contribution in [1.29, 1.82) is 0 Å². The molecule has 0 spiro atoms. The SMILES string of the molecule is CCN1CCOC(O)C1=O. The topological polar surface area (TPSA) is 49.8 Å². The highest BCUT2D eigenvalue weighted by Crippen LogP contribution is 2.02. The molecule has 1 fully saturated rings. The second-order valence-corrected chi connectivity index (χ2v) is 2.14. The normalized spacial score (nSPS) is 27.2. The molecule has 0 saturated carbocycles. The minimum atomic E-state index is -1.23. The average Bonchev–Trinajstić information content (AvgIpc) is 1.95. The van der Waals surface area contributed by atoms with Crippen molar-refractivity contribution in [2.24, 2.45) is 0 Å². The fourth-order valence-electron chi connectivity index (χ4n) is 0.926. The summed E-state index contributed by atoms with van der Waals surface area (Å²) in [6, 6.07) is 0. The Kier molecular flexibility index (Phi) is 2.24. The lowest BCUT2D eigenvalue weighted by atomic mass is 10.4. The number of hydrogen-bond donors (Lipinski definition) is 1. The largest absolute Gasteiger partial charge is 0.361 e. The number of aliphatic hydroxyl groups is 1. The smallest absolute Gasteiger partial charge is 0.279 e. The van der Waals surface area contributed by atoms with Gasteiger partial charge in [0.25, 0.3) is 5.91 Å². The fourth-order valence-corrected chi connectivity index (χ4v) is 0.926. The first kappa shape index (κ1) is 7.50. The number of amides is 1. The Balaban J connectivity index is 2.51. The average molecular weight is 145 g/mol. The zero-order valence-electron chi connectivity index (χ0n) is 5.91. The monoisotopic (exact) mass is 145 g/mol. The van der Waals surface area contributed by atoms with Crippen LogP contribution >= 0.6 is 0 Å². The van der Waals surface area contributed by atoms with E-state index in [1.807, 2.05) is 6.92 Å². The predicted molar refractivity (Wildman–Crippen MR) is 34.2 cm³/mol. The van der Waals surface area contributed by atoms with Crippen molar-refractivity contribution in [2.45, 2.75) is 13.2 Å². The summed E-state index contributed by atoms with van der Waals surface area (Å²) in [6.45, 7) is 3.53. The van der Waals surface area contributed by atoms with Crippen LogP contribution in [0.2, 0.25) is 0 Å². The molecule has 1 heterocycles. The van der Waals surface area contributed by atoms with Gasteiger partial charge in [-0.3, -0.25) is 4.79 Å². The van der Waals surface area contributed by atoms with E-state index in [4.69, 9.17) is 5.11 Å². The van der Waals surface area contributed by atoms with Gasteiger partial charge in [0.05, 0.1) is 6.61 Å². The van der Waals surface area contributed by atoms with Gasteiger partial charge in [0.2, 0.25) is 6.29 Å². The van der Waals surface area contributed by atoms with Gasteiger partial charge in [-0.15, -0.1) is 0 Å². The van der Waals surface area contributed by atoms with E-state index in [0.29, 0.717) is 19.7 Å². The highest BCUT2D eigenvalue weighted by Gasteiger charge is 2.25. The van der Waals surface area contributed by atoms with Crippen LogP contribution in [0.25, 0.3) is 0 Å². The molecule has 1 amide bonds. The first-order valence-corrected chi connectivity index (χ1v) is 3.34. The summed E-state index contributed by atoms with van der Waals surface area (Å²) in [7, 11) is 0. The van der Waals surface area contributed by atoms with Gasteiger partial charge in [0.15, 0.2) is 0 Å².